The summed E-state index contributed by atoms with van der Waals surface area (Å²) < 4.78 is 32.0. The summed E-state index contributed by atoms with van der Waals surface area (Å²) in [5.74, 6) is 0.140. The second-order valence-electron chi connectivity index (χ2n) is 5.14. The number of ether oxygens (including phenoxy) is 1. The fourth-order valence-electron chi connectivity index (χ4n) is 1.52. The SMILES string of the molecule is COc1ccc(B(O)O)cc1S(=O)(=O)NC(C)(C)C. The second kappa shape index (κ2) is 5.50. The average molecular weight is 287 g/mol. The zero-order valence-electron chi connectivity index (χ0n) is 11.3. The Kier molecular flexibility index (Phi) is 4.62. The van der Waals surface area contributed by atoms with Crippen LogP contribution in [0, 0.1) is 0 Å². The van der Waals surface area contributed by atoms with E-state index in [0.29, 0.717) is 0 Å². The summed E-state index contributed by atoms with van der Waals surface area (Å²) in [5.41, 5.74) is -0.576. The first-order chi connectivity index (χ1) is 8.57. The van der Waals surface area contributed by atoms with Crippen molar-refractivity contribution >= 4 is 22.6 Å². The van der Waals surface area contributed by atoms with Crippen molar-refractivity contribution in [2.24, 2.45) is 0 Å². The van der Waals surface area contributed by atoms with Crippen LogP contribution < -0.4 is 14.9 Å². The number of benzene rings is 1. The Hall–Kier alpha value is -1.09. The van der Waals surface area contributed by atoms with Gasteiger partial charge in [-0.05, 0) is 38.4 Å². The van der Waals surface area contributed by atoms with Gasteiger partial charge in [-0.1, -0.05) is 6.07 Å². The van der Waals surface area contributed by atoms with Gasteiger partial charge in [0, 0.05) is 5.54 Å². The summed E-state index contributed by atoms with van der Waals surface area (Å²) in [7, 11) is -4.21. The van der Waals surface area contributed by atoms with Crippen molar-refractivity contribution in [3.63, 3.8) is 0 Å². The minimum absolute atomic E-state index is 0.0788. The van der Waals surface area contributed by atoms with Crippen LogP contribution in [0.2, 0.25) is 0 Å². The Morgan fingerprint density at radius 1 is 1.26 bits per heavy atom. The molecule has 0 saturated heterocycles. The van der Waals surface area contributed by atoms with Crippen LogP contribution in [0.4, 0.5) is 0 Å². The average Bonchev–Trinajstić information content (AvgIpc) is 2.24. The van der Waals surface area contributed by atoms with Gasteiger partial charge < -0.3 is 14.8 Å². The van der Waals surface area contributed by atoms with E-state index in [9.17, 15) is 8.42 Å². The maximum Gasteiger partial charge on any atom is 0.488 e. The summed E-state index contributed by atoms with van der Waals surface area (Å²) in [4.78, 5) is -0.129. The van der Waals surface area contributed by atoms with Crippen molar-refractivity contribution in [1.29, 1.82) is 0 Å². The van der Waals surface area contributed by atoms with E-state index in [-0.39, 0.29) is 16.1 Å². The molecule has 0 unspecified atom stereocenters. The first-order valence-corrected chi connectivity index (χ1v) is 7.13. The third-order valence-electron chi connectivity index (χ3n) is 2.22. The molecule has 3 N–H and O–H groups in total. The van der Waals surface area contributed by atoms with Gasteiger partial charge in [0.15, 0.2) is 0 Å². The van der Waals surface area contributed by atoms with E-state index in [1.807, 2.05) is 0 Å². The van der Waals surface area contributed by atoms with Crippen molar-refractivity contribution in [3.8, 4) is 5.75 Å². The molecule has 0 aromatic heterocycles. The second-order valence-corrected chi connectivity index (χ2v) is 6.79. The first-order valence-electron chi connectivity index (χ1n) is 5.65. The van der Waals surface area contributed by atoms with Gasteiger partial charge in [-0.2, -0.15) is 0 Å². The van der Waals surface area contributed by atoms with E-state index in [4.69, 9.17) is 14.8 Å². The predicted molar refractivity (Wildman–Crippen MR) is 72.9 cm³/mol. The Morgan fingerprint density at radius 2 is 1.84 bits per heavy atom. The molecule has 8 heteroatoms. The van der Waals surface area contributed by atoms with Gasteiger partial charge in [-0.25, -0.2) is 13.1 Å². The Bertz CT molecular complexity index is 551. The van der Waals surface area contributed by atoms with E-state index < -0.39 is 22.7 Å². The number of nitrogens with one attached hydrogen (secondary N) is 1. The summed E-state index contributed by atoms with van der Waals surface area (Å²) in [6, 6.07) is 3.95. The molecular formula is C11H18BNO5S. The zero-order chi connectivity index (χ0) is 14.8. The van der Waals surface area contributed by atoms with E-state index in [1.165, 1.54) is 25.3 Å². The van der Waals surface area contributed by atoms with E-state index in [2.05, 4.69) is 4.72 Å². The Balaban J connectivity index is 3.34. The summed E-state index contributed by atoms with van der Waals surface area (Å²) in [6.45, 7) is 5.13. The maximum absolute atomic E-state index is 12.2. The first kappa shape index (κ1) is 16.0. The molecule has 0 radical (unpaired) electrons. The molecule has 1 rings (SSSR count). The molecule has 1 aromatic carbocycles. The monoisotopic (exact) mass is 287 g/mol. The van der Waals surface area contributed by atoms with Gasteiger partial charge in [0.2, 0.25) is 10.0 Å². The molecule has 0 heterocycles. The molecule has 0 spiro atoms. The van der Waals surface area contributed by atoms with Gasteiger partial charge in [0.1, 0.15) is 10.6 Å². The molecule has 0 atom stereocenters. The molecule has 0 fully saturated rings. The lowest BCUT2D eigenvalue weighted by molar-refractivity contribution is 0.400. The molecule has 0 amide bonds. The molecule has 0 bridgehead atoms. The number of rotatable bonds is 4. The number of methoxy groups -OCH3 is 1. The third kappa shape index (κ3) is 4.20. The number of hydrogen-bond acceptors (Lipinski definition) is 5. The highest BCUT2D eigenvalue weighted by atomic mass is 32.2. The molecule has 0 aliphatic carbocycles. The topological polar surface area (TPSA) is 95.9 Å². The van der Waals surface area contributed by atoms with Crippen LogP contribution in [0.1, 0.15) is 20.8 Å². The van der Waals surface area contributed by atoms with Gasteiger partial charge in [0.25, 0.3) is 0 Å². The highest BCUT2D eigenvalue weighted by Crippen LogP contribution is 2.23. The van der Waals surface area contributed by atoms with Crippen LogP contribution in [0.5, 0.6) is 5.75 Å². The molecular weight excluding hydrogens is 269 g/mol. The molecule has 106 valence electrons. The molecule has 1 aromatic rings. The fourth-order valence-corrected chi connectivity index (χ4v) is 3.15. The van der Waals surface area contributed by atoms with Crippen LogP contribution >= 0.6 is 0 Å². The van der Waals surface area contributed by atoms with Crippen molar-refractivity contribution in [3.05, 3.63) is 18.2 Å². The van der Waals surface area contributed by atoms with Crippen LogP contribution in [0.3, 0.4) is 0 Å². The molecule has 0 aliphatic heterocycles. The van der Waals surface area contributed by atoms with Gasteiger partial charge >= 0.3 is 7.12 Å². The Morgan fingerprint density at radius 3 is 2.26 bits per heavy atom. The minimum Gasteiger partial charge on any atom is -0.495 e. The van der Waals surface area contributed by atoms with E-state index in [0.717, 1.165) is 0 Å². The standard InChI is InChI=1S/C11H18BNO5S/c1-11(2,3)13-19(16,17)10-7-8(12(14)15)5-6-9(10)18-4/h5-7,13-15H,1-4H3. The number of sulfonamides is 1. The molecule has 6 nitrogen and oxygen atoms in total. The smallest absolute Gasteiger partial charge is 0.488 e. The highest BCUT2D eigenvalue weighted by Gasteiger charge is 2.26. The van der Waals surface area contributed by atoms with E-state index in [1.54, 1.807) is 20.8 Å². The van der Waals surface area contributed by atoms with Gasteiger partial charge in [-0.3, -0.25) is 0 Å². The van der Waals surface area contributed by atoms with Crippen molar-refractivity contribution in [1.82, 2.24) is 4.72 Å². The predicted octanol–water partition coefficient (Wildman–Crippen LogP) is -0.548. The van der Waals surface area contributed by atoms with Crippen LogP contribution in [-0.4, -0.2) is 38.2 Å². The lowest BCUT2D eigenvalue weighted by Gasteiger charge is -2.21. The minimum atomic E-state index is -3.81. The summed E-state index contributed by atoms with van der Waals surface area (Å²) in [5, 5.41) is 18.2. The molecule has 0 aliphatic rings. The van der Waals surface area contributed by atoms with Crippen LogP contribution in [-0.2, 0) is 10.0 Å². The zero-order valence-corrected chi connectivity index (χ0v) is 12.2. The van der Waals surface area contributed by atoms with Crippen LogP contribution in [0.15, 0.2) is 23.1 Å². The van der Waals surface area contributed by atoms with Crippen molar-refractivity contribution in [2.75, 3.05) is 7.11 Å². The lowest BCUT2D eigenvalue weighted by Crippen LogP contribution is -2.41. The van der Waals surface area contributed by atoms with Gasteiger partial charge in [0.05, 0.1) is 7.11 Å². The third-order valence-corrected chi connectivity index (χ3v) is 4.00. The molecule has 0 saturated carbocycles. The lowest BCUT2D eigenvalue weighted by atomic mass is 9.80. The number of hydrogen-bond donors (Lipinski definition) is 3. The summed E-state index contributed by atoms with van der Waals surface area (Å²) in [6.07, 6.45) is 0. The normalized spacial score (nSPS) is 12.3. The van der Waals surface area contributed by atoms with Crippen molar-refractivity contribution < 1.29 is 23.2 Å². The van der Waals surface area contributed by atoms with Crippen molar-refractivity contribution in [2.45, 2.75) is 31.2 Å². The highest BCUT2D eigenvalue weighted by molar-refractivity contribution is 7.89. The molecule has 19 heavy (non-hydrogen) atoms. The van der Waals surface area contributed by atoms with E-state index >= 15 is 0 Å². The Labute approximate surface area is 113 Å². The fraction of sp³-hybridized carbons (Fsp3) is 0.455. The van der Waals surface area contributed by atoms with Crippen LogP contribution in [0.25, 0.3) is 0 Å². The van der Waals surface area contributed by atoms with Gasteiger partial charge in [-0.15, -0.1) is 0 Å². The summed E-state index contributed by atoms with van der Waals surface area (Å²) >= 11 is 0. The largest absolute Gasteiger partial charge is 0.495 e. The quantitative estimate of drug-likeness (QED) is 0.646. The maximum atomic E-state index is 12.2.